The van der Waals surface area contributed by atoms with Gasteiger partial charge in [0.05, 0.1) is 6.61 Å². The van der Waals surface area contributed by atoms with Crippen molar-refractivity contribution in [3.05, 3.63) is 24.3 Å². The van der Waals surface area contributed by atoms with Crippen molar-refractivity contribution >= 4 is 11.9 Å². The predicted molar refractivity (Wildman–Crippen MR) is 155 cm³/mol. The molecule has 0 saturated carbocycles. The maximum atomic E-state index is 12.0. The Balaban J connectivity index is 3.62. The van der Waals surface area contributed by atoms with Crippen LogP contribution < -0.4 is 0 Å². The van der Waals surface area contributed by atoms with E-state index in [2.05, 4.69) is 38.2 Å². The van der Waals surface area contributed by atoms with Crippen LogP contribution in [0.2, 0.25) is 0 Å². The zero-order valence-electron chi connectivity index (χ0n) is 24.2. The number of ether oxygens (including phenoxy) is 2. The number of hydrogen-bond donors (Lipinski definition) is 1. The molecule has 0 spiro atoms. The number of unbranched alkanes of at least 4 members (excludes halogenated alkanes) is 15. The van der Waals surface area contributed by atoms with Crippen molar-refractivity contribution < 1.29 is 24.2 Å². The molecule has 1 atom stereocenters. The molecule has 1 N–H and O–H groups in total. The van der Waals surface area contributed by atoms with E-state index in [1.54, 1.807) is 0 Å². The fraction of sp³-hybridized carbons (Fsp3) is 0.812. The van der Waals surface area contributed by atoms with Crippen LogP contribution in [0.15, 0.2) is 24.3 Å². The van der Waals surface area contributed by atoms with Gasteiger partial charge in [-0.25, -0.2) is 0 Å². The summed E-state index contributed by atoms with van der Waals surface area (Å²) in [6, 6.07) is 0. The first kappa shape index (κ1) is 35.4. The van der Waals surface area contributed by atoms with Crippen LogP contribution in [0.4, 0.5) is 0 Å². The van der Waals surface area contributed by atoms with E-state index in [-0.39, 0.29) is 25.2 Å². The molecule has 37 heavy (non-hydrogen) atoms. The quantitative estimate of drug-likeness (QED) is 0.0663. The Kier molecular flexibility index (Phi) is 27.7. The van der Waals surface area contributed by atoms with Gasteiger partial charge in [-0.05, 0) is 44.9 Å². The van der Waals surface area contributed by atoms with Crippen molar-refractivity contribution in [3.8, 4) is 0 Å². The van der Waals surface area contributed by atoms with Gasteiger partial charge in [0.2, 0.25) is 0 Å². The number of rotatable bonds is 27. The van der Waals surface area contributed by atoms with Crippen LogP contribution in [0.25, 0.3) is 0 Å². The van der Waals surface area contributed by atoms with Gasteiger partial charge >= 0.3 is 11.9 Å². The van der Waals surface area contributed by atoms with E-state index in [1.807, 2.05) is 0 Å². The van der Waals surface area contributed by atoms with Crippen LogP contribution in [0.5, 0.6) is 0 Å². The molecule has 0 amide bonds. The average Bonchev–Trinajstić information content (AvgIpc) is 2.90. The minimum absolute atomic E-state index is 0.0696. The second kappa shape index (κ2) is 28.9. The lowest BCUT2D eigenvalue weighted by atomic mass is 10.1. The highest BCUT2D eigenvalue weighted by Crippen LogP contribution is 2.11. The lowest BCUT2D eigenvalue weighted by molar-refractivity contribution is -0.161. The minimum Gasteiger partial charge on any atom is -0.462 e. The molecule has 0 bridgehead atoms. The lowest BCUT2D eigenvalue weighted by Gasteiger charge is -2.15. The fourth-order valence-corrected chi connectivity index (χ4v) is 4.11. The topological polar surface area (TPSA) is 72.8 Å². The molecule has 0 aliphatic carbocycles. The largest absolute Gasteiger partial charge is 0.462 e. The average molecular weight is 523 g/mol. The van der Waals surface area contributed by atoms with E-state index in [0.717, 1.165) is 51.4 Å². The smallest absolute Gasteiger partial charge is 0.306 e. The van der Waals surface area contributed by atoms with Gasteiger partial charge in [-0.2, -0.15) is 0 Å². The van der Waals surface area contributed by atoms with Crippen molar-refractivity contribution in [2.24, 2.45) is 0 Å². The standard InChI is InChI=1S/C32H58O5/c1-3-5-7-9-11-12-13-14-15-16-17-18-19-21-23-25-27-32(35)37-30(28-33)29-36-31(34)26-24-22-20-10-8-6-4-2/h12-13,15-16,30,33H,3-11,14,17-29H2,1-2H3/b13-12-,16-15-. The third-order valence-corrected chi connectivity index (χ3v) is 6.50. The van der Waals surface area contributed by atoms with E-state index in [1.165, 1.54) is 70.6 Å². The van der Waals surface area contributed by atoms with Gasteiger partial charge in [-0.15, -0.1) is 0 Å². The van der Waals surface area contributed by atoms with Crippen LogP contribution >= 0.6 is 0 Å². The molecule has 5 heteroatoms. The van der Waals surface area contributed by atoms with E-state index >= 15 is 0 Å². The third-order valence-electron chi connectivity index (χ3n) is 6.50. The zero-order valence-corrected chi connectivity index (χ0v) is 24.2. The highest BCUT2D eigenvalue weighted by atomic mass is 16.6. The summed E-state index contributed by atoms with van der Waals surface area (Å²) in [4.78, 5) is 23.9. The van der Waals surface area contributed by atoms with Crippen LogP contribution in [0, 0.1) is 0 Å². The molecule has 0 aliphatic heterocycles. The molecule has 0 aliphatic rings. The molecule has 1 unspecified atom stereocenters. The Morgan fingerprint density at radius 1 is 0.622 bits per heavy atom. The Bertz CT molecular complexity index is 570. The van der Waals surface area contributed by atoms with Gasteiger partial charge in [0.15, 0.2) is 6.10 Å². The molecule has 0 saturated heterocycles. The SMILES string of the molecule is CCCCCC/C=C\C/C=C\CCCCCCCC(=O)OC(CO)COC(=O)CCCCCCCCC. The molecule has 0 aromatic heterocycles. The maximum absolute atomic E-state index is 12.0. The summed E-state index contributed by atoms with van der Waals surface area (Å²) in [7, 11) is 0. The van der Waals surface area contributed by atoms with E-state index < -0.39 is 6.10 Å². The Hall–Kier alpha value is -1.62. The van der Waals surface area contributed by atoms with Gasteiger partial charge in [0, 0.05) is 12.8 Å². The number of carbonyl (C=O) groups is 2. The molecule has 0 radical (unpaired) electrons. The molecule has 0 aromatic rings. The Labute approximate surface area is 228 Å². The number of esters is 2. The molecule has 5 nitrogen and oxygen atoms in total. The van der Waals surface area contributed by atoms with Crippen molar-refractivity contribution in [3.63, 3.8) is 0 Å². The predicted octanol–water partition coefficient (Wildman–Crippen LogP) is 8.78. The Morgan fingerprint density at radius 2 is 1.08 bits per heavy atom. The van der Waals surface area contributed by atoms with Crippen LogP contribution in [0.1, 0.15) is 149 Å². The summed E-state index contributed by atoms with van der Waals surface area (Å²) < 4.78 is 10.5. The van der Waals surface area contributed by atoms with E-state index in [4.69, 9.17) is 9.47 Å². The summed E-state index contributed by atoms with van der Waals surface area (Å²) in [6.07, 6.45) is 30.9. The first-order valence-electron chi connectivity index (χ1n) is 15.4. The van der Waals surface area contributed by atoms with Crippen LogP contribution in [-0.2, 0) is 19.1 Å². The highest BCUT2D eigenvalue weighted by Gasteiger charge is 2.16. The highest BCUT2D eigenvalue weighted by molar-refractivity contribution is 5.70. The normalized spacial score (nSPS) is 12.4. The van der Waals surface area contributed by atoms with Gasteiger partial charge in [0.1, 0.15) is 6.61 Å². The van der Waals surface area contributed by atoms with Crippen LogP contribution in [-0.4, -0.2) is 36.4 Å². The van der Waals surface area contributed by atoms with E-state index in [9.17, 15) is 14.7 Å². The monoisotopic (exact) mass is 522 g/mol. The summed E-state index contributed by atoms with van der Waals surface area (Å²) in [6.45, 7) is 4.04. The first-order valence-corrected chi connectivity index (χ1v) is 15.4. The van der Waals surface area contributed by atoms with Crippen molar-refractivity contribution in [2.45, 2.75) is 155 Å². The fourth-order valence-electron chi connectivity index (χ4n) is 4.11. The minimum atomic E-state index is -0.770. The first-order chi connectivity index (χ1) is 18.1. The Morgan fingerprint density at radius 3 is 1.62 bits per heavy atom. The van der Waals surface area contributed by atoms with Gasteiger partial charge in [0.25, 0.3) is 0 Å². The number of carbonyl (C=O) groups excluding carboxylic acids is 2. The van der Waals surface area contributed by atoms with Crippen LogP contribution in [0.3, 0.4) is 0 Å². The second-order valence-electron chi connectivity index (χ2n) is 10.2. The summed E-state index contributed by atoms with van der Waals surface area (Å²) in [5.74, 6) is -0.615. The molecule has 0 aromatic carbocycles. The summed E-state index contributed by atoms with van der Waals surface area (Å²) >= 11 is 0. The lowest BCUT2D eigenvalue weighted by Crippen LogP contribution is -2.28. The molecular weight excluding hydrogens is 464 g/mol. The summed E-state index contributed by atoms with van der Waals surface area (Å²) in [5, 5.41) is 9.44. The van der Waals surface area contributed by atoms with Crippen molar-refractivity contribution in [1.29, 1.82) is 0 Å². The van der Waals surface area contributed by atoms with Gasteiger partial charge in [-0.1, -0.05) is 115 Å². The number of allylic oxidation sites excluding steroid dienone is 4. The van der Waals surface area contributed by atoms with Gasteiger partial charge in [-0.3, -0.25) is 9.59 Å². The zero-order chi connectivity index (χ0) is 27.2. The molecule has 216 valence electrons. The molecule has 0 heterocycles. The van der Waals surface area contributed by atoms with Crippen molar-refractivity contribution in [1.82, 2.24) is 0 Å². The molecular formula is C32H58O5. The molecule has 0 rings (SSSR count). The van der Waals surface area contributed by atoms with E-state index in [0.29, 0.717) is 12.8 Å². The van der Waals surface area contributed by atoms with Gasteiger partial charge < -0.3 is 14.6 Å². The summed E-state index contributed by atoms with van der Waals surface area (Å²) in [5.41, 5.74) is 0. The maximum Gasteiger partial charge on any atom is 0.306 e. The second-order valence-corrected chi connectivity index (χ2v) is 10.2. The van der Waals surface area contributed by atoms with Crippen molar-refractivity contribution in [2.75, 3.05) is 13.2 Å². The molecule has 0 fully saturated rings. The third kappa shape index (κ3) is 27.2. The number of aliphatic hydroxyl groups excluding tert-OH is 1. The number of aliphatic hydroxyl groups is 1. The number of hydrogen-bond acceptors (Lipinski definition) is 5.